The topological polar surface area (TPSA) is 69.7 Å². The number of hydrogen-bond acceptors (Lipinski definition) is 3. The Kier molecular flexibility index (Phi) is 5.55. The number of hydrogen-bond donors (Lipinski definition) is 1. The third kappa shape index (κ3) is 4.53. The molecule has 1 N–H and O–H groups in total. The highest BCUT2D eigenvalue weighted by molar-refractivity contribution is 7.87. The van der Waals surface area contributed by atoms with E-state index < -0.39 is 10.2 Å². The SMILES string of the molecule is CN(C)S(=O)(=O)N[C@H]1CC(=O)N(CCCc2ccccc2)C1. The predicted molar refractivity (Wildman–Crippen MR) is 85.5 cm³/mol. The largest absolute Gasteiger partial charge is 0.341 e. The third-order valence-corrected chi connectivity index (χ3v) is 5.34. The zero-order chi connectivity index (χ0) is 16.2. The Labute approximate surface area is 132 Å². The molecule has 0 aromatic heterocycles. The standard InChI is InChI=1S/C15H23N3O3S/c1-17(2)22(20,21)16-14-11-15(19)18(12-14)10-6-9-13-7-4-3-5-8-13/h3-5,7-8,14,16H,6,9-12H2,1-2H3/t14-/m0/s1. The highest BCUT2D eigenvalue weighted by atomic mass is 32.2. The van der Waals surface area contributed by atoms with E-state index in [-0.39, 0.29) is 18.4 Å². The lowest BCUT2D eigenvalue weighted by atomic mass is 10.1. The average molecular weight is 325 g/mol. The number of carbonyl (C=O) groups is 1. The molecule has 6 nitrogen and oxygen atoms in total. The maximum absolute atomic E-state index is 12.0. The summed E-state index contributed by atoms with van der Waals surface area (Å²) in [5.74, 6) is 0.0134. The summed E-state index contributed by atoms with van der Waals surface area (Å²) in [4.78, 5) is 13.7. The lowest BCUT2D eigenvalue weighted by molar-refractivity contribution is -0.127. The summed E-state index contributed by atoms with van der Waals surface area (Å²) < 4.78 is 27.2. The van der Waals surface area contributed by atoms with Gasteiger partial charge in [0.05, 0.1) is 0 Å². The molecule has 7 heteroatoms. The van der Waals surface area contributed by atoms with Crippen LogP contribution in [0.5, 0.6) is 0 Å². The molecule has 1 atom stereocenters. The molecular weight excluding hydrogens is 302 g/mol. The minimum Gasteiger partial charge on any atom is -0.341 e. The molecule has 0 spiro atoms. The monoisotopic (exact) mass is 325 g/mol. The predicted octanol–water partition coefficient (Wildman–Crippen LogP) is 0.616. The van der Waals surface area contributed by atoms with Crippen LogP contribution in [0.15, 0.2) is 30.3 Å². The normalized spacial score (nSPS) is 19.1. The van der Waals surface area contributed by atoms with Crippen LogP contribution in [0.25, 0.3) is 0 Å². The van der Waals surface area contributed by atoms with Gasteiger partial charge in [0.25, 0.3) is 10.2 Å². The van der Waals surface area contributed by atoms with Crippen molar-refractivity contribution in [1.29, 1.82) is 0 Å². The Morgan fingerprint density at radius 2 is 1.95 bits per heavy atom. The van der Waals surface area contributed by atoms with Crippen molar-refractivity contribution in [3.63, 3.8) is 0 Å². The van der Waals surface area contributed by atoms with Crippen LogP contribution in [0.2, 0.25) is 0 Å². The number of aryl methyl sites for hydroxylation is 1. The average Bonchev–Trinajstić information content (AvgIpc) is 2.79. The molecular formula is C15H23N3O3S. The van der Waals surface area contributed by atoms with E-state index in [9.17, 15) is 13.2 Å². The van der Waals surface area contributed by atoms with Crippen LogP contribution in [0.1, 0.15) is 18.4 Å². The third-order valence-electron chi connectivity index (χ3n) is 3.75. The van der Waals surface area contributed by atoms with E-state index in [1.807, 2.05) is 18.2 Å². The van der Waals surface area contributed by atoms with Crippen LogP contribution >= 0.6 is 0 Å². The zero-order valence-electron chi connectivity index (χ0n) is 13.0. The molecule has 0 saturated carbocycles. The number of nitrogens with one attached hydrogen (secondary N) is 1. The van der Waals surface area contributed by atoms with Crippen LogP contribution in [-0.2, 0) is 21.4 Å². The highest BCUT2D eigenvalue weighted by Gasteiger charge is 2.32. The first-order chi connectivity index (χ1) is 10.4. The van der Waals surface area contributed by atoms with E-state index in [0.717, 1.165) is 17.1 Å². The second-order valence-corrected chi connectivity index (χ2v) is 7.65. The Balaban J connectivity index is 1.80. The number of nitrogens with zero attached hydrogens (tertiary/aromatic N) is 2. The van der Waals surface area contributed by atoms with Crippen molar-refractivity contribution in [3.8, 4) is 0 Å². The molecule has 1 aliphatic heterocycles. The summed E-state index contributed by atoms with van der Waals surface area (Å²) in [7, 11) is -0.550. The number of rotatable bonds is 7. The van der Waals surface area contributed by atoms with Crippen molar-refractivity contribution in [2.45, 2.75) is 25.3 Å². The van der Waals surface area contributed by atoms with Crippen molar-refractivity contribution in [2.75, 3.05) is 27.2 Å². The molecule has 1 aromatic rings. The molecule has 22 heavy (non-hydrogen) atoms. The Hall–Kier alpha value is -1.44. The molecule has 1 heterocycles. The van der Waals surface area contributed by atoms with Crippen LogP contribution in [0.3, 0.4) is 0 Å². The molecule has 0 aliphatic carbocycles. The molecule has 1 fully saturated rings. The fourth-order valence-electron chi connectivity index (χ4n) is 2.50. The summed E-state index contributed by atoms with van der Waals surface area (Å²) in [6, 6.07) is 9.79. The highest BCUT2D eigenvalue weighted by Crippen LogP contribution is 2.14. The molecule has 1 saturated heterocycles. The van der Waals surface area contributed by atoms with Gasteiger partial charge in [0.2, 0.25) is 5.91 Å². The van der Waals surface area contributed by atoms with E-state index in [1.54, 1.807) is 4.90 Å². The van der Waals surface area contributed by atoms with E-state index >= 15 is 0 Å². The maximum atomic E-state index is 12.0. The first-order valence-corrected chi connectivity index (χ1v) is 8.84. The molecule has 0 bridgehead atoms. The van der Waals surface area contributed by atoms with E-state index in [4.69, 9.17) is 0 Å². The van der Waals surface area contributed by atoms with Gasteiger partial charge in [-0.3, -0.25) is 4.79 Å². The molecule has 0 radical (unpaired) electrons. The molecule has 0 unspecified atom stereocenters. The van der Waals surface area contributed by atoms with Crippen molar-refractivity contribution < 1.29 is 13.2 Å². The lowest BCUT2D eigenvalue weighted by Crippen LogP contribution is -2.43. The zero-order valence-corrected chi connectivity index (χ0v) is 13.8. The Morgan fingerprint density at radius 3 is 2.59 bits per heavy atom. The van der Waals surface area contributed by atoms with Gasteiger partial charge >= 0.3 is 0 Å². The van der Waals surface area contributed by atoms with E-state index in [0.29, 0.717) is 13.1 Å². The van der Waals surface area contributed by atoms with Crippen LogP contribution in [0.4, 0.5) is 0 Å². The fourth-order valence-corrected chi connectivity index (χ4v) is 3.29. The van der Waals surface area contributed by atoms with Gasteiger partial charge in [0, 0.05) is 39.6 Å². The maximum Gasteiger partial charge on any atom is 0.279 e. The quantitative estimate of drug-likeness (QED) is 0.799. The van der Waals surface area contributed by atoms with Gasteiger partial charge in [0.15, 0.2) is 0 Å². The number of benzene rings is 1. The molecule has 1 aliphatic rings. The number of amides is 1. The minimum atomic E-state index is -3.49. The molecule has 1 amide bonds. The molecule has 122 valence electrons. The van der Waals surface area contributed by atoms with Crippen LogP contribution in [0, 0.1) is 0 Å². The van der Waals surface area contributed by atoms with Crippen LogP contribution < -0.4 is 4.72 Å². The van der Waals surface area contributed by atoms with Gasteiger partial charge in [-0.05, 0) is 18.4 Å². The number of likely N-dealkylation sites (tertiary alicyclic amines) is 1. The van der Waals surface area contributed by atoms with Crippen molar-refractivity contribution in [2.24, 2.45) is 0 Å². The van der Waals surface area contributed by atoms with E-state index in [1.165, 1.54) is 19.7 Å². The van der Waals surface area contributed by atoms with Gasteiger partial charge in [-0.25, -0.2) is 0 Å². The van der Waals surface area contributed by atoms with Gasteiger partial charge in [0.1, 0.15) is 0 Å². The summed E-state index contributed by atoms with van der Waals surface area (Å²) >= 11 is 0. The van der Waals surface area contributed by atoms with E-state index in [2.05, 4.69) is 16.9 Å². The van der Waals surface area contributed by atoms with Gasteiger partial charge in [-0.15, -0.1) is 0 Å². The van der Waals surface area contributed by atoms with Gasteiger partial charge in [-0.2, -0.15) is 17.4 Å². The summed E-state index contributed by atoms with van der Waals surface area (Å²) in [5, 5.41) is 0. The Morgan fingerprint density at radius 1 is 1.27 bits per heavy atom. The summed E-state index contributed by atoms with van der Waals surface area (Å²) in [6.45, 7) is 1.11. The second kappa shape index (κ2) is 7.21. The van der Waals surface area contributed by atoms with Gasteiger partial charge < -0.3 is 4.90 Å². The van der Waals surface area contributed by atoms with Crippen molar-refractivity contribution in [1.82, 2.24) is 13.9 Å². The van der Waals surface area contributed by atoms with Gasteiger partial charge in [-0.1, -0.05) is 30.3 Å². The summed E-state index contributed by atoms with van der Waals surface area (Å²) in [6.07, 6.45) is 2.03. The molecule has 1 aromatic carbocycles. The number of carbonyl (C=O) groups excluding carboxylic acids is 1. The van der Waals surface area contributed by atoms with Crippen molar-refractivity contribution >= 4 is 16.1 Å². The second-order valence-electron chi connectivity index (χ2n) is 5.74. The lowest BCUT2D eigenvalue weighted by Gasteiger charge is -2.18. The van der Waals surface area contributed by atoms with Crippen molar-refractivity contribution in [3.05, 3.63) is 35.9 Å². The smallest absolute Gasteiger partial charge is 0.279 e. The Bertz CT molecular complexity index is 602. The van der Waals surface area contributed by atoms with Crippen LogP contribution in [-0.4, -0.2) is 56.8 Å². The first-order valence-electron chi connectivity index (χ1n) is 7.40. The molecule has 2 rings (SSSR count). The summed E-state index contributed by atoms with van der Waals surface area (Å²) in [5.41, 5.74) is 1.25. The minimum absolute atomic E-state index is 0.0134. The fraction of sp³-hybridized carbons (Fsp3) is 0.533. The first kappa shape index (κ1) is 16.9.